The lowest BCUT2D eigenvalue weighted by atomic mass is 10.4. The molecule has 0 bridgehead atoms. The van der Waals surface area contributed by atoms with E-state index < -0.39 is 5.24 Å². The van der Waals surface area contributed by atoms with Gasteiger partial charge in [-0.15, -0.1) is 0 Å². The third-order valence-electron chi connectivity index (χ3n) is 0.866. The zero-order chi connectivity index (χ0) is 10.7. The molecule has 2 nitrogen and oxygen atoms in total. The molecule has 0 aliphatic rings. The minimum atomic E-state index is -0.518. The second-order valence-corrected chi connectivity index (χ2v) is 1.83. The highest BCUT2D eigenvalue weighted by Crippen LogP contribution is 1.96. The lowest BCUT2D eigenvalue weighted by Crippen LogP contribution is -1.90. The molecule has 1 aromatic rings. The van der Waals surface area contributed by atoms with E-state index in [1.165, 1.54) is 6.20 Å². The van der Waals surface area contributed by atoms with Gasteiger partial charge in [0.25, 0.3) is 5.24 Å². The van der Waals surface area contributed by atoms with Crippen LogP contribution in [0, 0.1) is 0 Å². The summed E-state index contributed by atoms with van der Waals surface area (Å²) in [6, 6.07) is 5.00. The van der Waals surface area contributed by atoms with Gasteiger partial charge in [-0.2, -0.15) is 0 Å². The van der Waals surface area contributed by atoms with Gasteiger partial charge >= 0.3 is 0 Å². The fourth-order valence-corrected chi connectivity index (χ4v) is 0.591. The molecule has 0 atom stereocenters. The number of aromatic nitrogens is 1. The molecule has 0 aliphatic heterocycles. The van der Waals surface area contributed by atoms with Crippen molar-refractivity contribution in [3.63, 3.8) is 0 Å². The van der Waals surface area contributed by atoms with Crippen molar-refractivity contribution in [3.8, 4) is 0 Å². The summed E-state index contributed by atoms with van der Waals surface area (Å²) in [6.07, 6.45) is 1.52. The van der Waals surface area contributed by atoms with Crippen LogP contribution in [0.1, 0.15) is 38.2 Å². The largest absolute Gasteiger partial charge is 0.274 e. The smallest absolute Gasteiger partial charge is 0.270 e. The van der Waals surface area contributed by atoms with Crippen LogP contribution in [0.15, 0.2) is 24.4 Å². The summed E-state index contributed by atoms with van der Waals surface area (Å²) in [5, 5.41) is -0.518. The van der Waals surface area contributed by atoms with Gasteiger partial charge in [0, 0.05) is 6.20 Å². The molecule has 0 aromatic carbocycles. The summed E-state index contributed by atoms with van der Waals surface area (Å²) in [5.74, 6) is 0. The van der Waals surface area contributed by atoms with Crippen LogP contribution >= 0.6 is 11.6 Å². The summed E-state index contributed by atoms with van der Waals surface area (Å²) in [5.41, 5.74) is 0.291. The van der Waals surface area contributed by atoms with Crippen LogP contribution in [-0.2, 0) is 0 Å². The van der Waals surface area contributed by atoms with E-state index >= 15 is 0 Å². The van der Waals surface area contributed by atoms with Gasteiger partial charge in [-0.3, -0.25) is 9.78 Å². The highest BCUT2D eigenvalue weighted by atomic mass is 35.5. The Hall–Kier alpha value is -0.890. The van der Waals surface area contributed by atoms with Crippen molar-refractivity contribution < 1.29 is 4.79 Å². The first kappa shape index (κ1) is 14.6. The molecule has 0 amide bonds. The average molecular weight is 202 g/mol. The fourth-order valence-electron chi connectivity index (χ4n) is 0.479. The SMILES string of the molecule is CC.CC.O=C(Cl)c1ccccn1. The maximum absolute atomic E-state index is 10.3. The molecular weight excluding hydrogens is 186 g/mol. The Balaban J connectivity index is 0. The third-order valence-corrected chi connectivity index (χ3v) is 1.06. The van der Waals surface area contributed by atoms with Gasteiger partial charge in [0.1, 0.15) is 5.69 Å². The average Bonchev–Trinajstić information content (AvgIpc) is 2.25. The first-order chi connectivity index (χ1) is 6.30. The van der Waals surface area contributed by atoms with E-state index in [-0.39, 0.29) is 0 Å². The fraction of sp³-hybridized carbons (Fsp3) is 0.400. The van der Waals surface area contributed by atoms with Crippen molar-refractivity contribution in [2.75, 3.05) is 0 Å². The topological polar surface area (TPSA) is 30.0 Å². The van der Waals surface area contributed by atoms with Crippen molar-refractivity contribution in [2.24, 2.45) is 0 Å². The van der Waals surface area contributed by atoms with Crippen LogP contribution in [-0.4, -0.2) is 10.2 Å². The van der Waals surface area contributed by atoms with E-state index in [2.05, 4.69) is 4.98 Å². The van der Waals surface area contributed by atoms with E-state index in [1.54, 1.807) is 18.2 Å². The van der Waals surface area contributed by atoms with Crippen molar-refractivity contribution in [3.05, 3.63) is 30.1 Å². The van der Waals surface area contributed by atoms with Crippen molar-refractivity contribution in [2.45, 2.75) is 27.7 Å². The number of hydrogen-bond acceptors (Lipinski definition) is 2. The van der Waals surface area contributed by atoms with Gasteiger partial charge in [0.2, 0.25) is 0 Å². The number of hydrogen-bond donors (Lipinski definition) is 0. The van der Waals surface area contributed by atoms with Crippen LogP contribution < -0.4 is 0 Å². The minimum Gasteiger partial charge on any atom is -0.274 e. The quantitative estimate of drug-likeness (QED) is 0.651. The Bertz CT molecular complexity index is 211. The third kappa shape index (κ3) is 7.47. The van der Waals surface area contributed by atoms with Gasteiger partial charge in [-0.05, 0) is 23.7 Å². The number of carbonyl (C=O) groups is 1. The summed E-state index contributed by atoms with van der Waals surface area (Å²) < 4.78 is 0. The van der Waals surface area contributed by atoms with Crippen LogP contribution in [0.4, 0.5) is 0 Å². The molecule has 1 aromatic heterocycles. The Morgan fingerprint density at radius 3 is 2.00 bits per heavy atom. The zero-order valence-corrected chi connectivity index (χ0v) is 9.30. The van der Waals surface area contributed by atoms with Crippen molar-refractivity contribution >= 4 is 16.8 Å². The molecule has 0 spiro atoms. The van der Waals surface area contributed by atoms with E-state index in [9.17, 15) is 4.79 Å². The lowest BCUT2D eigenvalue weighted by molar-refractivity contribution is 0.107. The van der Waals surface area contributed by atoms with Gasteiger partial charge < -0.3 is 0 Å². The highest BCUT2D eigenvalue weighted by Gasteiger charge is 1.98. The minimum absolute atomic E-state index is 0.291. The Morgan fingerprint density at radius 1 is 1.23 bits per heavy atom. The summed E-state index contributed by atoms with van der Waals surface area (Å²) in [4.78, 5) is 14.0. The van der Waals surface area contributed by atoms with Gasteiger partial charge in [0.05, 0.1) is 0 Å². The van der Waals surface area contributed by atoms with Gasteiger partial charge in [0.15, 0.2) is 0 Å². The molecule has 74 valence electrons. The number of rotatable bonds is 1. The first-order valence-corrected chi connectivity index (χ1v) is 4.79. The molecule has 0 fully saturated rings. The second-order valence-electron chi connectivity index (χ2n) is 1.49. The Morgan fingerprint density at radius 2 is 1.77 bits per heavy atom. The number of nitrogens with zero attached hydrogens (tertiary/aromatic N) is 1. The van der Waals surface area contributed by atoms with E-state index in [0.717, 1.165) is 0 Å². The Kier molecular flexibility index (Phi) is 12.5. The molecule has 13 heavy (non-hydrogen) atoms. The maximum Gasteiger partial charge on any atom is 0.270 e. The van der Waals surface area contributed by atoms with Crippen molar-refractivity contribution in [1.29, 1.82) is 0 Å². The Labute approximate surface area is 85.0 Å². The summed E-state index contributed by atoms with van der Waals surface area (Å²) in [7, 11) is 0. The normalized spacial score (nSPS) is 7.15. The molecule has 0 N–H and O–H groups in total. The number of carbonyl (C=O) groups excluding carboxylic acids is 1. The molecule has 0 radical (unpaired) electrons. The molecule has 0 saturated carbocycles. The molecule has 0 aliphatic carbocycles. The molecule has 1 rings (SSSR count). The summed E-state index contributed by atoms with van der Waals surface area (Å²) >= 11 is 5.10. The number of halogens is 1. The summed E-state index contributed by atoms with van der Waals surface area (Å²) in [6.45, 7) is 8.00. The van der Waals surface area contributed by atoms with E-state index in [4.69, 9.17) is 11.6 Å². The van der Waals surface area contributed by atoms with E-state index in [0.29, 0.717) is 5.69 Å². The second kappa shape index (κ2) is 11.1. The molecule has 3 heteroatoms. The van der Waals surface area contributed by atoms with Crippen molar-refractivity contribution in [1.82, 2.24) is 4.98 Å². The molecule has 1 heterocycles. The van der Waals surface area contributed by atoms with Crippen LogP contribution in [0.25, 0.3) is 0 Å². The predicted molar refractivity (Wildman–Crippen MR) is 57.1 cm³/mol. The lowest BCUT2D eigenvalue weighted by Gasteiger charge is -1.86. The van der Waals surface area contributed by atoms with Crippen LogP contribution in [0.2, 0.25) is 0 Å². The first-order valence-electron chi connectivity index (χ1n) is 4.41. The molecule has 0 saturated heterocycles. The molecule has 0 unspecified atom stereocenters. The highest BCUT2D eigenvalue weighted by molar-refractivity contribution is 6.67. The predicted octanol–water partition coefficient (Wildman–Crippen LogP) is 3.51. The number of pyridine rings is 1. The van der Waals surface area contributed by atoms with Gasteiger partial charge in [-0.25, -0.2) is 0 Å². The maximum atomic E-state index is 10.3. The monoisotopic (exact) mass is 201 g/mol. The van der Waals surface area contributed by atoms with Crippen LogP contribution in [0.3, 0.4) is 0 Å². The molecular formula is C10H16ClNO. The zero-order valence-electron chi connectivity index (χ0n) is 8.54. The van der Waals surface area contributed by atoms with Gasteiger partial charge in [-0.1, -0.05) is 33.8 Å². The van der Waals surface area contributed by atoms with E-state index in [1.807, 2.05) is 27.7 Å². The standard InChI is InChI=1S/C6H4ClNO.2C2H6/c7-6(9)5-3-1-2-4-8-5;2*1-2/h1-4H;2*1-2H3. The van der Waals surface area contributed by atoms with Crippen LogP contribution in [0.5, 0.6) is 0 Å².